The standard InChI is InChI=1S/C72H78N2O10/c1-15-17-35-73-65(75)49-37-53(81-45-27-19-41(20-28-45)69(3,4)5)59-61-55(83-47-31-23-43(24-32-47)71(9,10)11)39-51(67(77)78)58-52(68(79)80)40-56(84-48-33-25-44(26-34-48)72(12,13)14)62(64(58)61)60-54(82-46-29-21-42(22-30-46)70(6,7)8)38-50(57(49)63(59)60)66(76)74-36-18-16-2/h19-34,37-40H,15-18,35-36H2,1-14H3,(H,73,75)(H,74,76)(H,77,78)(H,79,80). The van der Waals surface area contributed by atoms with E-state index in [1.807, 2.05) is 111 Å². The third kappa shape index (κ3) is 12.2. The molecule has 0 heterocycles. The number of benzene rings is 9. The van der Waals surface area contributed by atoms with Gasteiger partial charge in [-0.3, -0.25) is 9.98 Å². The van der Waals surface area contributed by atoms with E-state index in [0.29, 0.717) is 57.4 Å². The summed E-state index contributed by atoms with van der Waals surface area (Å²) in [7, 11) is 0. The average molecular weight is 1130 g/mol. The zero-order valence-electron chi connectivity index (χ0n) is 50.9. The summed E-state index contributed by atoms with van der Waals surface area (Å²) in [4.78, 5) is 37.6. The Morgan fingerprint density at radius 1 is 0.345 bits per heavy atom. The number of rotatable bonds is 18. The number of hydrogen-bond acceptors (Lipinski definition) is 8. The van der Waals surface area contributed by atoms with Gasteiger partial charge in [-0.25, -0.2) is 9.59 Å². The summed E-state index contributed by atoms with van der Waals surface area (Å²) in [5.74, 6) is -1.58. The van der Waals surface area contributed by atoms with Crippen LogP contribution in [0.2, 0.25) is 0 Å². The molecule has 436 valence electrons. The smallest absolute Gasteiger partial charge is 0.336 e. The predicted molar refractivity (Wildman–Crippen MR) is 340 cm³/mol. The van der Waals surface area contributed by atoms with Crippen LogP contribution in [0.3, 0.4) is 0 Å². The molecule has 0 aliphatic carbocycles. The van der Waals surface area contributed by atoms with Crippen LogP contribution in [0.15, 0.2) is 131 Å². The maximum atomic E-state index is 14.1. The van der Waals surface area contributed by atoms with Gasteiger partial charge in [0.05, 0.1) is 11.1 Å². The quantitative estimate of drug-likeness (QED) is 0.0213. The average Bonchev–Trinajstić information content (AvgIpc) is 0.741. The molecule has 0 bridgehead atoms. The molecule has 0 aliphatic heterocycles. The van der Waals surface area contributed by atoms with Gasteiger partial charge in [-0.15, -0.1) is 0 Å². The largest absolute Gasteiger partial charge is 0.493 e. The summed E-state index contributed by atoms with van der Waals surface area (Å²) in [6, 6.07) is 36.5. The fourth-order valence-electron chi connectivity index (χ4n) is 10.6. The van der Waals surface area contributed by atoms with Crippen LogP contribution in [0.25, 0.3) is 43.1 Å². The molecule has 0 spiro atoms. The van der Waals surface area contributed by atoms with E-state index < -0.39 is 11.9 Å². The first kappa shape index (κ1) is 60.0. The molecule has 9 rings (SSSR count). The van der Waals surface area contributed by atoms with E-state index in [1.54, 1.807) is 12.1 Å². The monoisotopic (exact) mass is 1130 g/mol. The van der Waals surface area contributed by atoms with Crippen molar-refractivity contribution in [3.8, 4) is 46.0 Å². The minimum Gasteiger partial charge on any atom is -0.493 e. The first-order valence-corrected chi connectivity index (χ1v) is 29.0. The molecule has 9 aromatic rings. The van der Waals surface area contributed by atoms with Crippen LogP contribution < -0.4 is 18.9 Å². The number of hydrogen-bond donors (Lipinski definition) is 4. The van der Waals surface area contributed by atoms with Crippen molar-refractivity contribution in [2.75, 3.05) is 13.1 Å². The van der Waals surface area contributed by atoms with Crippen molar-refractivity contribution in [1.82, 2.24) is 0 Å². The molecule has 9 aromatic carbocycles. The van der Waals surface area contributed by atoms with E-state index in [-0.39, 0.29) is 113 Å². The van der Waals surface area contributed by atoms with E-state index in [0.717, 1.165) is 35.1 Å². The van der Waals surface area contributed by atoms with Crippen molar-refractivity contribution >= 4 is 66.8 Å². The van der Waals surface area contributed by atoms with Crippen molar-refractivity contribution in [3.63, 3.8) is 0 Å². The Balaban J connectivity index is 1.59. The van der Waals surface area contributed by atoms with E-state index >= 15 is 0 Å². The lowest BCUT2D eigenvalue weighted by molar-refractivity contribution is 0.0695. The fourth-order valence-corrected chi connectivity index (χ4v) is 10.6. The number of carboxylic acids is 2. The normalized spacial score (nSPS) is 12.9. The summed E-state index contributed by atoms with van der Waals surface area (Å²) in [6.07, 6.45) is 2.93. The first-order valence-electron chi connectivity index (χ1n) is 29.0. The Morgan fingerprint density at radius 2 is 0.571 bits per heavy atom. The maximum Gasteiger partial charge on any atom is 0.336 e. The van der Waals surface area contributed by atoms with Gasteiger partial charge in [-0.2, -0.15) is 0 Å². The maximum absolute atomic E-state index is 14.1. The second kappa shape index (κ2) is 23.2. The van der Waals surface area contributed by atoms with Crippen LogP contribution in [-0.2, 0) is 21.7 Å². The van der Waals surface area contributed by atoms with E-state index in [1.165, 1.54) is 12.1 Å². The molecule has 12 nitrogen and oxygen atoms in total. The SMILES string of the molecule is CCCCN=C(O)c1cc(Oc2ccc(C(C)(C)C)cc2)c2c3c(Oc4ccc(C(C)(C)C)cc4)cc(C(=O)O)c4c(C(=O)O)cc(Oc5ccc(C(C)(C)C)cc5)c(c5c(Oc6ccc(C(C)(C)C)cc6)cc(C(O)=NCCCC)c1c25)c43. The van der Waals surface area contributed by atoms with Crippen molar-refractivity contribution in [1.29, 1.82) is 0 Å². The molecule has 12 heteroatoms. The zero-order valence-corrected chi connectivity index (χ0v) is 50.9. The van der Waals surface area contributed by atoms with Crippen LogP contribution in [0.5, 0.6) is 46.0 Å². The van der Waals surface area contributed by atoms with Gasteiger partial charge in [-0.1, -0.05) is 158 Å². The molecule has 0 radical (unpaired) electrons. The Hall–Kier alpha value is -8.64. The number of aliphatic hydroxyl groups is 2. The van der Waals surface area contributed by atoms with Gasteiger partial charge in [0.25, 0.3) is 0 Å². The molecule has 0 saturated carbocycles. The van der Waals surface area contributed by atoms with Crippen LogP contribution >= 0.6 is 0 Å². The number of carbonyl (C=O) groups is 2. The topological polar surface area (TPSA) is 177 Å². The van der Waals surface area contributed by atoms with Crippen LogP contribution in [-0.4, -0.2) is 57.2 Å². The lowest BCUT2D eigenvalue weighted by atomic mass is 9.82. The van der Waals surface area contributed by atoms with Crippen molar-refractivity contribution in [2.24, 2.45) is 9.98 Å². The predicted octanol–water partition coefficient (Wildman–Crippen LogP) is 19.7. The van der Waals surface area contributed by atoms with Gasteiger partial charge in [0.15, 0.2) is 0 Å². The molecular formula is C72H78N2O10. The summed E-state index contributed by atoms with van der Waals surface area (Å²) >= 11 is 0. The van der Waals surface area contributed by atoms with Crippen molar-refractivity contribution in [3.05, 3.63) is 166 Å². The lowest BCUT2D eigenvalue weighted by Crippen LogP contribution is -2.12. The Morgan fingerprint density at radius 3 is 0.786 bits per heavy atom. The molecule has 0 aliphatic rings. The molecule has 0 fully saturated rings. The van der Waals surface area contributed by atoms with Gasteiger partial charge < -0.3 is 39.4 Å². The summed E-state index contributed by atoms with van der Waals surface area (Å²) < 4.78 is 28.4. The lowest BCUT2D eigenvalue weighted by Gasteiger charge is -2.26. The number of aliphatic imine (C=N–C) groups is 2. The highest BCUT2D eigenvalue weighted by Gasteiger charge is 2.34. The number of fused-ring (bicyclic) bond motifs is 2. The Bertz CT molecular complexity index is 3750. The number of aromatic carboxylic acids is 2. The first-order chi connectivity index (χ1) is 39.6. The number of unbranched alkanes of at least 4 members (excludes halogenated alkanes) is 2. The Labute approximate surface area is 492 Å². The van der Waals surface area contributed by atoms with Crippen LogP contribution in [0.1, 0.15) is 177 Å². The van der Waals surface area contributed by atoms with Gasteiger partial charge in [0, 0.05) is 67.3 Å². The Kier molecular flexibility index (Phi) is 16.6. The fraction of sp³-hybridized carbons (Fsp3) is 0.333. The molecule has 4 N–H and O–H groups in total. The molecule has 0 amide bonds. The minimum atomic E-state index is -1.41. The number of nitrogens with zero attached hydrogens (tertiary/aromatic N) is 2. The second-order valence-electron chi connectivity index (χ2n) is 25.9. The van der Waals surface area contributed by atoms with Crippen molar-refractivity contribution < 1.29 is 49.0 Å². The zero-order chi connectivity index (χ0) is 60.8. The highest BCUT2D eigenvalue weighted by molar-refractivity contribution is 6.42. The van der Waals surface area contributed by atoms with Crippen molar-refractivity contribution in [2.45, 2.75) is 144 Å². The van der Waals surface area contributed by atoms with E-state index in [9.17, 15) is 30.0 Å². The van der Waals surface area contributed by atoms with E-state index in [4.69, 9.17) is 28.9 Å². The van der Waals surface area contributed by atoms with Crippen LogP contribution in [0.4, 0.5) is 0 Å². The number of aliphatic hydroxyl groups excluding tert-OH is 2. The summed E-state index contributed by atoms with van der Waals surface area (Å²) in [5, 5.41) is 49.9. The van der Waals surface area contributed by atoms with Gasteiger partial charge in [0.1, 0.15) is 46.0 Å². The number of carboxylic acid groups (broad SMARTS) is 2. The van der Waals surface area contributed by atoms with Crippen LogP contribution in [0, 0.1) is 0 Å². The molecule has 0 unspecified atom stereocenters. The molecule has 0 aromatic heterocycles. The number of ether oxygens (including phenoxy) is 4. The van der Waals surface area contributed by atoms with E-state index in [2.05, 4.69) is 83.1 Å². The van der Waals surface area contributed by atoms with Gasteiger partial charge >= 0.3 is 11.9 Å². The summed E-state index contributed by atoms with van der Waals surface area (Å²) in [5.41, 5.74) is 2.97. The third-order valence-corrected chi connectivity index (χ3v) is 15.4. The molecule has 84 heavy (non-hydrogen) atoms. The second-order valence-corrected chi connectivity index (χ2v) is 25.9. The van der Waals surface area contributed by atoms with Gasteiger partial charge in [-0.05, 0) is 130 Å². The molecular weight excluding hydrogens is 1050 g/mol. The summed E-state index contributed by atoms with van der Waals surface area (Å²) in [6.45, 7) is 30.0. The third-order valence-electron chi connectivity index (χ3n) is 15.4. The van der Waals surface area contributed by atoms with Gasteiger partial charge in [0.2, 0.25) is 11.8 Å². The minimum absolute atomic E-state index is 0.0348. The molecule has 0 atom stereocenters. The molecule has 0 saturated heterocycles. The highest BCUT2D eigenvalue weighted by Crippen LogP contribution is 2.57. The highest BCUT2D eigenvalue weighted by atomic mass is 16.5.